The smallest absolute Gasteiger partial charge is 0.410 e. The van der Waals surface area contributed by atoms with Gasteiger partial charge in [0, 0.05) is 26.2 Å². The Balaban J connectivity index is 1.79. The molecule has 3 amide bonds. The molecule has 2 aliphatic heterocycles. The zero-order valence-corrected chi connectivity index (χ0v) is 13.4. The molecular formula is C13H21N3O4S. The lowest BCUT2D eigenvalue weighted by molar-refractivity contribution is -0.126. The summed E-state index contributed by atoms with van der Waals surface area (Å²) < 4.78 is 5.33. The SMILES string of the molecule is CC(C)(C)OC(=O)N1CCN(CN2C(=O)CSC2=O)CC1. The van der Waals surface area contributed by atoms with Gasteiger partial charge in [-0.15, -0.1) is 0 Å². The second-order valence-corrected chi connectivity index (χ2v) is 7.03. The Morgan fingerprint density at radius 3 is 2.29 bits per heavy atom. The molecule has 2 heterocycles. The van der Waals surface area contributed by atoms with E-state index in [0.29, 0.717) is 32.8 Å². The lowest BCUT2D eigenvalue weighted by Crippen LogP contribution is -2.53. The van der Waals surface area contributed by atoms with E-state index in [2.05, 4.69) is 0 Å². The number of amides is 3. The summed E-state index contributed by atoms with van der Waals surface area (Å²) in [4.78, 5) is 40.0. The highest BCUT2D eigenvalue weighted by atomic mass is 32.2. The molecule has 0 N–H and O–H groups in total. The summed E-state index contributed by atoms with van der Waals surface area (Å²) in [7, 11) is 0. The molecule has 2 rings (SSSR count). The molecule has 2 fully saturated rings. The molecular weight excluding hydrogens is 294 g/mol. The minimum absolute atomic E-state index is 0.139. The van der Waals surface area contributed by atoms with Crippen LogP contribution in [0.2, 0.25) is 0 Å². The molecule has 8 heteroatoms. The van der Waals surface area contributed by atoms with E-state index in [1.165, 1.54) is 4.90 Å². The lowest BCUT2D eigenvalue weighted by atomic mass is 10.2. The normalized spacial score (nSPS) is 21.1. The number of carbonyl (C=O) groups is 3. The third-order valence-electron chi connectivity index (χ3n) is 3.21. The molecule has 0 aliphatic carbocycles. The van der Waals surface area contributed by atoms with E-state index in [9.17, 15) is 14.4 Å². The third kappa shape index (κ3) is 4.34. The Morgan fingerprint density at radius 1 is 1.19 bits per heavy atom. The molecule has 0 aromatic carbocycles. The Kier molecular flexibility index (Phi) is 4.77. The van der Waals surface area contributed by atoms with Gasteiger partial charge in [-0.2, -0.15) is 0 Å². The molecule has 0 bridgehead atoms. The van der Waals surface area contributed by atoms with Crippen LogP contribution in [0.3, 0.4) is 0 Å². The zero-order valence-electron chi connectivity index (χ0n) is 12.6. The maximum atomic E-state index is 11.9. The standard InChI is InChI=1S/C13H21N3O4S/c1-13(2,3)20-11(18)15-6-4-14(5-7-15)9-16-10(17)8-21-12(16)19/h4-9H2,1-3H3. The van der Waals surface area contributed by atoms with Gasteiger partial charge in [0.1, 0.15) is 5.60 Å². The highest BCUT2D eigenvalue weighted by Gasteiger charge is 2.33. The van der Waals surface area contributed by atoms with Crippen LogP contribution in [0, 0.1) is 0 Å². The fourth-order valence-electron chi connectivity index (χ4n) is 2.12. The van der Waals surface area contributed by atoms with Gasteiger partial charge in [0.2, 0.25) is 5.91 Å². The first-order valence-electron chi connectivity index (χ1n) is 6.94. The number of hydrogen-bond acceptors (Lipinski definition) is 6. The lowest BCUT2D eigenvalue weighted by Gasteiger charge is -2.36. The molecule has 0 saturated carbocycles. The second kappa shape index (κ2) is 6.23. The number of ether oxygens (including phenoxy) is 1. The van der Waals surface area contributed by atoms with Crippen molar-refractivity contribution in [1.29, 1.82) is 0 Å². The number of imide groups is 1. The monoisotopic (exact) mass is 315 g/mol. The average Bonchev–Trinajstić information content (AvgIpc) is 2.69. The van der Waals surface area contributed by atoms with E-state index in [1.54, 1.807) is 4.90 Å². The summed E-state index contributed by atoms with van der Waals surface area (Å²) >= 11 is 1.04. The van der Waals surface area contributed by atoms with Crippen LogP contribution >= 0.6 is 11.8 Å². The number of carbonyl (C=O) groups excluding carboxylic acids is 3. The van der Waals surface area contributed by atoms with Gasteiger partial charge in [-0.3, -0.25) is 19.4 Å². The summed E-state index contributed by atoms with van der Waals surface area (Å²) in [5.41, 5.74) is -0.500. The Bertz CT molecular complexity index is 425. The van der Waals surface area contributed by atoms with Gasteiger partial charge < -0.3 is 9.64 Å². The first-order chi connectivity index (χ1) is 9.76. The van der Waals surface area contributed by atoms with E-state index >= 15 is 0 Å². The number of thioether (sulfide) groups is 1. The molecule has 0 radical (unpaired) electrons. The van der Waals surface area contributed by atoms with Gasteiger partial charge in [0.25, 0.3) is 5.24 Å². The van der Waals surface area contributed by atoms with Crippen LogP contribution in [0.1, 0.15) is 20.8 Å². The first kappa shape index (κ1) is 16.1. The molecule has 2 aliphatic rings. The van der Waals surface area contributed by atoms with Crippen LogP contribution < -0.4 is 0 Å². The van der Waals surface area contributed by atoms with Gasteiger partial charge in [-0.05, 0) is 20.8 Å². The molecule has 0 spiro atoms. The number of rotatable bonds is 2. The maximum absolute atomic E-state index is 11.9. The number of hydrogen-bond donors (Lipinski definition) is 0. The van der Waals surface area contributed by atoms with Gasteiger partial charge in [-0.1, -0.05) is 11.8 Å². The van der Waals surface area contributed by atoms with E-state index in [-0.39, 0.29) is 23.0 Å². The van der Waals surface area contributed by atoms with Crippen LogP contribution in [0.4, 0.5) is 9.59 Å². The zero-order chi connectivity index (χ0) is 15.6. The van der Waals surface area contributed by atoms with Crippen LogP contribution in [0.15, 0.2) is 0 Å². The predicted molar refractivity (Wildman–Crippen MR) is 78.9 cm³/mol. The van der Waals surface area contributed by atoms with Crippen LogP contribution in [-0.4, -0.2) is 76.1 Å². The van der Waals surface area contributed by atoms with Crippen molar-refractivity contribution in [1.82, 2.24) is 14.7 Å². The predicted octanol–water partition coefficient (Wildman–Crippen LogP) is 1.19. The number of nitrogens with zero attached hydrogens (tertiary/aromatic N) is 3. The molecule has 7 nitrogen and oxygen atoms in total. The van der Waals surface area contributed by atoms with Crippen molar-refractivity contribution < 1.29 is 19.1 Å². The quantitative estimate of drug-likeness (QED) is 0.762. The van der Waals surface area contributed by atoms with E-state index in [4.69, 9.17) is 4.74 Å². The van der Waals surface area contributed by atoms with Crippen molar-refractivity contribution in [3.8, 4) is 0 Å². The second-order valence-electron chi connectivity index (χ2n) is 6.10. The maximum Gasteiger partial charge on any atom is 0.410 e. The minimum Gasteiger partial charge on any atom is -0.444 e. The van der Waals surface area contributed by atoms with Crippen molar-refractivity contribution in [2.24, 2.45) is 0 Å². The van der Waals surface area contributed by atoms with E-state index in [1.807, 2.05) is 25.7 Å². The highest BCUT2D eigenvalue weighted by molar-refractivity contribution is 8.14. The topological polar surface area (TPSA) is 70.2 Å². The average molecular weight is 315 g/mol. The number of piperazine rings is 1. The molecule has 0 atom stereocenters. The van der Waals surface area contributed by atoms with Crippen molar-refractivity contribution in [2.45, 2.75) is 26.4 Å². The summed E-state index contributed by atoms with van der Waals surface area (Å²) in [6.45, 7) is 8.15. The fraction of sp³-hybridized carbons (Fsp3) is 0.769. The molecule has 2 saturated heterocycles. The van der Waals surface area contributed by atoms with Gasteiger partial charge >= 0.3 is 6.09 Å². The Hall–Kier alpha value is -1.28. The van der Waals surface area contributed by atoms with Crippen LogP contribution in [0.25, 0.3) is 0 Å². The summed E-state index contributed by atoms with van der Waals surface area (Å²) in [6, 6.07) is 0. The van der Waals surface area contributed by atoms with Gasteiger partial charge in [0.15, 0.2) is 0 Å². The highest BCUT2D eigenvalue weighted by Crippen LogP contribution is 2.19. The van der Waals surface area contributed by atoms with Crippen LogP contribution in [-0.2, 0) is 9.53 Å². The molecule has 0 unspecified atom stereocenters. The molecule has 118 valence electrons. The van der Waals surface area contributed by atoms with Gasteiger partial charge in [0.05, 0.1) is 12.4 Å². The van der Waals surface area contributed by atoms with Crippen molar-refractivity contribution in [2.75, 3.05) is 38.6 Å². The molecule has 21 heavy (non-hydrogen) atoms. The Labute approximate surface area is 128 Å². The van der Waals surface area contributed by atoms with Crippen molar-refractivity contribution >= 4 is 29.0 Å². The fourth-order valence-corrected chi connectivity index (χ4v) is 2.83. The molecule has 0 aromatic heterocycles. The third-order valence-corrected chi connectivity index (χ3v) is 4.06. The summed E-state index contributed by atoms with van der Waals surface area (Å²) in [5, 5.41) is -0.186. The van der Waals surface area contributed by atoms with Gasteiger partial charge in [-0.25, -0.2) is 4.79 Å². The van der Waals surface area contributed by atoms with E-state index in [0.717, 1.165) is 11.8 Å². The minimum atomic E-state index is -0.500. The summed E-state index contributed by atoms with van der Waals surface area (Å²) in [6.07, 6.45) is -0.314. The van der Waals surface area contributed by atoms with E-state index < -0.39 is 5.60 Å². The largest absolute Gasteiger partial charge is 0.444 e. The summed E-state index contributed by atoms with van der Waals surface area (Å²) in [5.74, 6) is 0.0936. The van der Waals surface area contributed by atoms with Crippen molar-refractivity contribution in [3.63, 3.8) is 0 Å². The van der Waals surface area contributed by atoms with Crippen molar-refractivity contribution in [3.05, 3.63) is 0 Å². The first-order valence-corrected chi connectivity index (χ1v) is 7.92. The Morgan fingerprint density at radius 2 is 1.81 bits per heavy atom. The molecule has 0 aromatic rings. The van der Waals surface area contributed by atoms with Crippen LogP contribution in [0.5, 0.6) is 0 Å².